The molecule has 2 aliphatic heterocycles. The van der Waals surface area contributed by atoms with Gasteiger partial charge in [0.25, 0.3) is 11.8 Å². The van der Waals surface area contributed by atoms with Crippen LogP contribution in [-0.4, -0.2) is 91.6 Å². The number of alkyl halides is 1. The summed E-state index contributed by atoms with van der Waals surface area (Å²) >= 11 is 12.4. The van der Waals surface area contributed by atoms with Crippen LogP contribution < -0.4 is 20.7 Å². The Morgan fingerprint density at radius 1 is 1.00 bits per heavy atom. The Morgan fingerprint density at radius 2 is 1.75 bits per heavy atom. The van der Waals surface area contributed by atoms with E-state index in [1.807, 2.05) is 13.0 Å². The van der Waals surface area contributed by atoms with E-state index < -0.39 is 35.5 Å². The molecule has 274 valence electrons. The molecule has 1 atom stereocenters. The van der Waals surface area contributed by atoms with Crippen molar-refractivity contribution in [2.75, 3.05) is 56.8 Å². The van der Waals surface area contributed by atoms with Gasteiger partial charge in [-0.2, -0.15) is 0 Å². The third-order valence-electron chi connectivity index (χ3n) is 8.28. The number of phenols is 1. The Kier molecular flexibility index (Phi) is 13.3. The molecule has 0 aromatic heterocycles. The van der Waals surface area contributed by atoms with Gasteiger partial charge in [-0.3, -0.25) is 34.2 Å². The maximum atomic E-state index is 13.2. The molecule has 0 radical (unpaired) electrons. The monoisotopic (exact) mass is 752 g/mol. The highest BCUT2D eigenvalue weighted by atomic mass is 35.5. The van der Waals surface area contributed by atoms with Gasteiger partial charge in [0.15, 0.2) is 5.78 Å². The van der Waals surface area contributed by atoms with Gasteiger partial charge >= 0.3 is 0 Å². The Labute approximate surface area is 310 Å². The number of hydrogen-bond acceptors (Lipinski definition) is 11. The lowest BCUT2D eigenvalue weighted by molar-refractivity contribution is -0.136. The van der Waals surface area contributed by atoms with E-state index in [1.54, 1.807) is 36.4 Å². The van der Waals surface area contributed by atoms with Crippen molar-refractivity contribution in [3.63, 3.8) is 0 Å². The van der Waals surface area contributed by atoms with Crippen molar-refractivity contribution in [2.24, 2.45) is 0 Å². The fraction of sp³-hybridized carbons (Fsp3) is 0.324. The second-order valence-corrected chi connectivity index (χ2v) is 12.4. The smallest absolute Gasteiger partial charge is 0.264 e. The van der Waals surface area contributed by atoms with Gasteiger partial charge in [-0.15, -0.1) is 11.6 Å². The van der Waals surface area contributed by atoms with Crippen LogP contribution in [0.1, 0.15) is 62.0 Å². The molecule has 5 rings (SSSR count). The number of phenolic OH excluding ortho intramolecular Hbond substituents is 1. The summed E-state index contributed by atoms with van der Waals surface area (Å²) in [5, 5.41) is 19.3. The third-order valence-corrected chi connectivity index (χ3v) is 8.90. The molecule has 2 aliphatic rings. The zero-order valence-corrected chi connectivity index (χ0v) is 29.9. The molecular formula is C37H38Cl2N4O9. The molecule has 4 N–H and O–H groups in total. The number of imide groups is 2. The minimum atomic E-state index is -1.03. The minimum Gasteiger partial charge on any atom is -0.507 e. The number of carbonyl (C=O) groups is 5. The van der Waals surface area contributed by atoms with Gasteiger partial charge in [0.1, 0.15) is 17.5 Å². The van der Waals surface area contributed by atoms with Gasteiger partial charge in [-0.05, 0) is 61.4 Å². The van der Waals surface area contributed by atoms with E-state index in [9.17, 15) is 29.1 Å². The molecule has 0 spiro atoms. The molecule has 13 nitrogen and oxygen atoms in total. The second kappa shape index (κ2) is 18.0. The lowest BCUT2D eigenvalue weighted by atomic mass is 10.0. The molecule has 2 heterocycles. The third kappa shape index (κ3) is 9.09. The first-order valence-corrected chi connectivity index (χ1v) is 17.6. The molecule has 3 aromatic carbocycles. The second-order valence-electron chi connectivity index (χ2n) is 11.7. The van der Waals surface area contributed by atoms with Crippen LogP contribution in [0.4, 0.5) is 11.4 Å². The van der Waals surface area contributed by atoms with Gasteiger partial charge in [0.05, 0.1) is 55.6 Å². The predicted octanol–water partition coefficient (Wildman–Crippen LogP) is 5.04. The number of halogens is 2. The number of hydrogen-bond donors (Lipinski definition) is 4. The van der Waals surface area contributed by atoms with Crippen LogP contribution in [0.2, 0.25) is 5.02 Å². The van der Waals surface area contributed by atoms with Crippen LogP contribution in [0.15, 0.2) is 54.6 Å². The van der Waals surface area contributed by atoms with Crippen molar-refractivity contribution in [2.45, 2.75) is 31.7 Å². The summed E-state index contributed by atoms with van der Waals surface area (Å²) in [6, 6.07) is 12.1. The Bertz CT molecular complexity index is 1880. The normalized spacial score (nSPS) is 15.6. The summed E-state index contributed by atoms with van der Waals surface area (Å²) in [5.41, 5.74) is 2.96. The Hall–Kier alpha value is -4.95. The molecule has 0 aliphatic carbocycles. The van der Waals surface area contributed by atoms with Gasteiger partial charge in [-0.25, -0.2) is 0 Å². The van der Waals surface area contributed by atoms with Crippen LogP contribution in [-0.2, 0) is 24.9 Å². The molecule has 0 saturated carbocycles. The number of ether oxygens (including phenoxy) is 3. The van der Waals surface area contributed by atoms with Crippen molar-refractivity contribution < 1.29 is 43.3 Å². The molecule has 1 unspecified atom stereocenters. The summed E-state index contributed by atoms with van der Waals surface area (Å²) in [4.78, 5) is 63.8. The quantitative estimate of drug-likeness (QED) is 0.0451. The molecule has 15 heteroatoms. The standard InChI is InChI=1S/C37H38Cl2N4O9/c1-2-52-32-20-31(45)26(18-23(32)21-38)30(44)10-7-22-6-8-24(19-27(22)39)40-12-14-50-16-17-51-15-13-41-28-5-3-4-25-34(28)37(49)43(36(25)48)29-9-11-33(46)42-35(29)47/h3-8,10,18-20,29,40-41,45H,2,9,11-17,21H2,1H3,(H,42,46,47)/b10-7+. The van der Waals surface area contributed by atoms with Gasteiger partial charge in [0.2, 0.25) is 11.8 Å². The van der Waals surface area contributed by atoms with Crippen molar-refractivity contribution in [3.8, 4) is 11.5 Å². The number of carbonyl (C=O) groups excluding carboxylic acids is 5. The number of nitrogens with one attached hydrogen (secondary N) is 3. The topological polar surface area (TPSA) is 173 Å². The lowest BCUT2D eigenvalue weighted by Gasteiger charge is -2.27. The molecule has 0 bridgehead atoms. The summed E-state index contributed by atoms with van der Waals surface area (Å²) in [7, 11) is 0. The number of nitrogens with zero attached hydrogens (tertiary/aromatic N) is 1. The summed E-state index contributed by atoms with van der Waals surface area (Å²) in [6.07, 6.45) is 3.06. The SMILES string of the molecule is CCOc1cc(O)c(C(=O)/C=C/c2ccc(NCCOCCOCCNc3cccc4c3C(=O)N(C3CCC(=O)NC3=O)C4=O)cc2Cl)cc1CCl. The highest BCUT2D eigenvalue weighted by molar-refractivity contribution is 6.32. The van der Waals surface area contributed by atoms with E-state index in [1.165, 1.54) is 18.2 Å². The van der Waals surface area contributed by atoms with E-state index in [4.69, 9.17) is 37.4 Å². The lowest BCUT2D eigenvalue weighted by Crippen LogP contribution is -2.54. The minimum absolute atomic E-state index is 0.0529. The molecular weight excluding hydrogens is 715 g/mol. The predicted molar refractivity (Wildman–Crippen MR) is 195 cm³/mol. The molecule has 3 aromatic rings. The van der Waals surface area contributed by atoms with Crippen LogP contribution in [0.5, 0.6) is 11.5 Å². The zero-order chi connectivity index (χ0) is 37.2. The number of fused-ring (bicyclic) bond motifs is 1. The number of allylic oxidation sites excluding steroid dienone is 1. The van der Waals surface area contributed by atoms with E-state index in [0.717, 1.165) is 10.6 Å². The Morgan fingerprint density at radius 3 is 2.44 bits per heavy atom. The number of benzene rings is 3. The molecule has 4 amide bonds. The average Bonchev–Trinajstić information content (AvgIpc) is 3.38. The first kappa shape index (κ1) is 38.3. The first-order valence-electron chi connectivity index (χ1n) is 16.7. The number of anilines is 2. The van der Waals surface area contributed by atoms with E-state index in [-0.39, 0.29) is 41.2 Å². The van der Waals surface area contributed by atoms with Crippen LogP contribution in [0.25, 0.3) is 6.08 Å². The fourth-order valence-corrected chi connectivity index (χ4v) is 6.20. The van der Waals surface area contributed by atoms with Crippen molar-refractivity contribution in [1.82, 2.24) is 10.2 Å². The summed E-state index contributed by atoms with van der Waals surface area (Å²) in [5.74, 6) is -2.27. The van der Waals surface area contributed by atoms with Gasteiger partial charge in [-0.1, -0.05) is 23.7 Å². The maximum absolute atomic E-state index is 13.2. The largest absolute Gasteiger partial charge is 0.507 e. The van der Waals surface area contributed by atoms with Crippen molar-refractivity contribution in [3.05, 3.63) is 87.4 Å². The van der Waals surface area contributed by atoms with Crippen LogP contribution in [0.3, 0.4) is 0 Å². The highest BCUT2D eigenvalue weighted by Crippen LogP contribution is 2.33. The zero-order valence-electron chi connectivity index (χ0n) is 28.3. The maximum Gasteiger partial charge on any atom is 0.264 e. The number of piperidine rings is 1. The number of aromatic hydroxyl groups is 1. The van der Waals surface area contributed by atoms with Crippen molar-refractivity contribution in [1.29, 1.82) is 0 Å². The summed E-state index contributed by atoms with van der Waals surface area (Å²) < 4.78 is 16.7. The number of rotatable bonds is 18. The molecule has 52 heavy (non-hydrogen) atoms. The van der Waals surface area contributed by atoms with Crippen molar-refractivity contribution >= 4 is 70.1 Å². The highest BCUT2D eigenvalue weighted by Gasteiger charge is 2.45. The molecule has 1 saturated heterocycles. The van der Waals surface area contributed by atoms with E-state index in [2.05, 4.69) is 16.0 Å². The number of ketones is 1. The molecule has 1 fully saturated rings. The van der Waals surface area contributed by atoms with Gasteiger partial charge in [0, 0.05) is 47.5 Å². The van der Waals surface area contributed by atoms with Crippen LogP contribution >= 0.6 is 23.2 Å². The Balaban J connectivity index is 0.989. The van der Waals surface area contributed by atoms with E-state index in [0.29, 0.717) is 73.7 Å². The number of amides is 4. The van der Waals surface area contributed by atoms with Gasteiger partial charge < -0.3 is 30.0 Å². The van der Waals surface area contributed by atoms with Crippen LogP contribution in [0, 0.1) is 0 Å². The van der Waals surface area contributed by atoms with E-state index >= 15 is 0 Å². The first-order chi connectivity index (χ1) is 25.1. The fourth-order valence-electron chi connectivity index (χ4n) is 5.74. The average molecular weight is 754 g/mol. The summed E-state index contributed by atoms with van der Waals surface area (Å²) in [6.45, 7) is 4.48.